The molecule has 1 aromatic carbocycles. The second-order valence-electron chi connectivity index (χ2n) is 5.98. The maximum Gasteiger partial charge on any atom is 0.262 e. The van der Waals surface area contributed by atoms with Gasteiger partial charge in [-0.05, 0) is 36.4 Å². The van der Waals surface area contributed by atoms with Gasteiger partial charge < -0.3 is 15.0 Å². The lowest BCUT2D eigenvalue weighted by Crippen LogP contribution is -2.30. The number of nitrogens with one attached hydrogen (secondary N) is 1. The molecule has 0 saturated heterocycles. The van der Waals surface area contributed by atoms with Gasteiger partial charge in [0.25, 0.3) is 11.8 Å². The summed E-state index contributed by atoms with van der Waals surface area (Å²) in [5.41, 5.74) is 1.84. The van der Waals surface area contributed by atoms with E-state index in [1.165, 1.54) is 16.2 Å². The Balaban J connectivity index is 2.16. The van der Waals surface area contributed by atoms with E-state index in [2.05, 4.69) is 5.32 Å². The fourth-order valence-electron chi connectivity index (χ4n) is 2.40. The highest BCUT2D eigenvalue weighted by Gasteiger charge is 2.20. The molecular formula is C19H24N2O3S. The second kappa shape index (κ2) is 8.67. The fourth-order valence-corrected chi connectivity index (χ4v) is 3.23. The molecule has 2 amide bonds. The Morgan fingerprint density at radius 3 is 2.56 bits per heavy atom. The van der Waals surface area contributed by atoms with Crippen molar-refractivity contribution < 1.29 is 14.3 Å². The molecule has 2 aromatic rings. The van der Waals surface area contributed by atoms with Crippen molar-refractivity contribution in [3.05, 3.63) is 51.7 Å². The summed E-state index contributed by atoms with van der Waals surface area (Å²) in [4.78, 5) is 26.5. The van der Waals surface area contributed by atoms with Crippen molar-refractivity contribution in [2.24, 2.45) is 0 Å². The number of carbonyl (C=O) groups excluding carboxylic acids is 2. The van der Waals surface area contributed by atoms with Crippen molar-refractivity contribution in [1.29, 1.82) is 0 Å². The van der Waals surface area contributed by atoms with E-state index in [1.54, 1.807) is 14.1 Å². The van der Waals surface area contributed by atoms with Gasteiger partial charge in [0.05, 0.1) is 10.9 Å². The van der Waals surface area contributed by atoms with E-state index >= 15 is 0 Å². The first-order valence-electron chi connectivity index (χ1n) is 8.20. The van der Waals surface area contributed by atoms with Crippen LogP contribution in [0.5, 0.6) is 5.75 Å². The molecule has 5 nitrogen and oxygen atoms in total. The molecule has 6 heteroatoms. The number of hydrogen-bond donors (Lipinski definition) is 1. The number of likely N-dealkylation sites (N-methyl/N-ethyl adjacent to an activating group) is 1. The Kier molecular flexibility index (Phi) is 6.58. The molecule has 134 valence electrons. The fraction of sp³-hybridized carbons (Fsp3) is 0.368. The second-order valence-corrected chi connectivity index (χ2v) is 6.90. The number of ether oxygens (including phenoxy) is 1. The normalized spacial score (nSPS) is 11.7. The number of amides is 2. The number of nitrogens with zero attached hydrogens (tertiary/aromatic N) is 1. The predicted molar refractivity (Wildman–Crippen MR) is 100 cm³/mol. The van der Waals surface area contributed by atoms with E-state index in [9.17, 15) is 9.59 Å². The Hall–Kier alpha value is -2.34. The molecule has 1 atom stereocenters. The Bertz CT molecular complexity index is 740. The molecule has 0 aliphatic rings. The summed E-state index contributed by atoms with van der Waals surface area (Å²) in [6.45, 7) is 3.91. The van der Waals surface area contributed by atoms with Crippen LogP contribution >= 0.6 is 11.3 Å². The summed E-state index contributed by atoms with van der Waals surface area (Å²) in [5, 5.41) is 4.98. The summed E-state index contributed by atoms with van der Waals surface area (Å²) < 4.78 is 5.70. The minimum absolute atomic E-state index is 0.0293. The van der Waals surface area contributed by atoms with Crippen LogP contribution < -0.4 is 10.1 Å². The summed E-state index contributed by atoms with van der Waals surface area (Å²) in [6.07, 6.45) is 0.720. The van der Waals surface area contributed by atoms with Crippen molar-refractivity contribution in [3.63, 3.8) is 0 Å². The molecule has 0 radical (unpaired) electrons. The van der Waals surface area contributed by atoms with Gasteiger partial charge >= 0.3 is 0 Å². The minimum Gasteiger partial charge on any atom is -0.483 e. The lowest BCUT2D eigenvalue weighted by molar-refractivity contribution is -0.130. The van der Waals surface area contributed by atoms with E-state index in [-0.39, 0.29) is 24.5 Å². The molecule has 0 spiro atoms. The largest absolute Gasteiger partial charge is 0.483 e. The number of aryl methyl sites for hydroxylation is 1. The molecule has 0 saturated carbocycles. The van der Waals surface area contributed by atoms with Gasteiger partial charge in [0.2, 0.25) is 0 Å². The van der Waals surface area contributed by atoms with E-state index in [0.29, 0.717) is 5.75 Å². The minimum atomic E-state index is -0.181. The number of carbonyl (C=O) groups is 2. The standard InChI is InChI=1S/C19H24N2O3S/c1-5-15(20-19(23)18-13(2)10-11-25-18)14-8-6-7-9-16(14)24-12-17(22)21(3)4/h6-11,15H,5,12H2,1-4H3,(H,20,23). The van der Waals surface area contributed by atoms with Crippen LogP contribution in [0, 0.1) is 6.92 Å². The number of hydrogen-bond acceptors (Lipinski definition) is 4. The van der Waals surface area contributed by atoms with Crippen LogP contribution in [0.1, 0.15) is 40.2 Å². The Morgan fingerprint density at radius 2 is 1.96 bits per heavy atom. The molecule has 0 fully saturated rings. The average Bonchev–Trinajstić information content (AvgIpc) is 3.03. The summed E-state index contributed by atoms with van der Waals surface area (Å²) in [7, 11) is 3.38. The summed E-state index contributed by atoms with van der Waals surface area (Å²) >= 11 is 1.43. The lowest BCUT2D eigenvalue weighted by Gasteiger charge is -2.21. The first-order chi connectivity index (χ1) is 11.9. The molecule has 25 heavy (non-hydrogen) atoms. The monoisotopic (exact) mass is 360 g/mol. The maximum atomic E-state index is 12.5. The molecule has 2 rings (SSSR count). The zero-order chi connectivity index (χ0) is 18.4. The quantitative estimate of drug-likeness (QED) is 0.823. The molecule has 0 bridgehead atoms. The highest BCUT2D eigenvalue weighted by molar-refractivity contribution is 7.12. The van der Waals surface area contributed by atoms with Gasteiger partial charge in [-0.2, -0.15) is 0 Å². The highest BCUT2D eigenvalue weighted by Crippen LogP contribution is 2.28. The number of rotatable bonds is 7. The number of benzene rings is 1. The number of para-hydroxylation sites is 1. The van der Waals surface area contributed by atoms with Crippen molar-refractivity contribution in [2.45, 2.75) is 26.3 Å². The third-order valence-corrected chi connectivity index (χ3v) is 4.94. The van der Waals surface area contributed by atoms with Crippen LogP contribution in [0.2, 0.25) is 0 Å². The van der Waals surface area contributed by atoms with Crippen molar-refractivity contribution >= 4 is 23.2 Å². The van der Waals surface area contributed by atoms with Crippen LogP contribution in [-0.2, 0) is 4.79 Å². The molecule has 1 heterocycles. The topological polar surface area (TPSA) is 58.6 Å². The van der Waals surface area contributed by atoms with Gasteiger partial charge in [-0.15, -0.1) is 11.3 Å². The first-order valence-corrected chi connectivity index (χ1v) is 9.08. The number of thiophene rings is 1. The van der Waals surface area contributed by atoms with Crippen molar-refractivity contribution in [2.75, 3.05) is 20.7 Å². The smallest absolute Gasteiger partial charge is 0.262 e. The van der Waals surface area contributed by atoms with Gasteiger partial charge in [0.15, 0.2) is 6.61 Å². The zero-order valence-corrected chi connectivity index (χ0v) is 15.9. The molecule has 1 aromatic heterocycles. The Morgan fingerprint density at radius 1 is 1.24 bits per heavy atom. The molecular weight excluding hydrogens is 336 g/mol. The Labute approximate surface area is 152 Å². The van der Waals surface area contributed by atoms with Gasteiger partial charge in [-0.25, -0.2) is 0 Å². The van der Waals surface area contributed by atoms with Gasteiger partial charge in [-0.1, -0.05) is 25.1 Å². The van der Waals surface area contributed by atoms with Crippen LogP contribution in [0.15, 0.2) is 35.7 Å². The van der Waals surface area contributed by atoms with Crippen LogP contribution in [0.25, 0.3) is 0 Å². The zero-order valence-electron chi connectivity index (χ0n) is 15.0. The van der Waals surface area contributed by atoms with E-state index in [1.807, 2.05) is 49.6 Å². The predicted octanol–water partition coefficient (Wildman–Crippen LogP) is 3.40. The van der Waals surface area contributed by atoms with E-state index in [4.69, 9.17) is 4.74 Å². The summed E-state index contributed by atoms with van der Waals surface area (Å²) in [5.74, 6) is 0.423. The van der Waals surface area contributed by atoms with Crippen LogP contribution in [-0.4, -0.2) is 37.4 Å². The van der Waals surface area contributed by atoms with Crippen LogP contribution in [0.4, 0.5) is 0 Å². The molecule has 1 N–H and O–H groups in total. The van der Waals surface area contributed by atoms with E-state index < -0.39 is 0 Å². The lowest BCUT2D eigenvalue weighted by atomic mass is 10.0. The first kappa shape index (κ1) is 19.0. The van der Waals surface area contributed by atoms with Gasteiger partial charge in [0, 0.05) is 19.7 Å². The third-order valence-electron chi connectivity index (χ3n) is 3.93. The van der Waals surface area contributed by atoms with Gasteiger partial charge in [-0.3, -0.25) is 9.59 Å². The van der Waals surface area contributed by atoms with Crippen molar-refractivity contribution in [1.82, 2.24) is 10.2 Å². The average molecular weight is 360 g/mol. The summed E-state index contributed by atoms with van der Waals surface area (Å²) in [6, 6.07) is 9.26. The highest BCUT2D eigenvalue weighted by atomic mass is 32.1. The van der Waals surface area contributed by atoms with Gasteiger partial charge in [0.1, 0.15) is 5.75 Å². The maximum absolute atomic E-state index is 12.5. The molecule has 0 aliphatic heterocycles. The van der Waals surface area contributed by atoms with Crippen LogP contribution in [0.3, 0.4) is 0 Å². The molecule has 0 aliphatic carbocycles. The van der Waals surface area contributed by atoms with E-state index in [0.717, 1.165) is 22.4 Å². The SMILES string of the molecule is CCC(NC(=O)c1sccc1C)c1ccccc1OCC(=O)N(C)C. The van der Waals surface area contributed by atoms with Crippen molar-refractivity contribution in [3.8, 4) is 5.75 Å². The third kappa shape index (κ3) is 4.82. The molecule has 1 unspecified atom stereocenters.